The fourth-order valence-electron chi connectivity index (χ4n) is 2.90. The lowest BCUT2D eigenvalue weighted by atomic mass is 10.2. The average molecular weight is 362 g/mol. The molecule has 134 valence electrons. The third-order valence-electron chi connectivity index (χ3n) is 4.20. The minimum atomic E-state index is 0.135. The highest BCUT2D eigenvalue weighted by molar-refractivity contribution is 6.29. The molecule has 3 rings (SSSR count). The Hall–Kier alpha value is -1.72. The van der Waals surface area contributed by atoms with Crippen molar-refractivity contribution in [3.8, 4) is 5.88 Å². The van der Waals surface area contributed by atoms with Crippen LogP contribution in [0.2, 0.25) is 5.15 Å². The molecule has 0 N–H and O–H groups in total. The number of hydrogen-bond acceptors (Lipinski definition) is 5. The molecule has 25 heavy (non-hydrogen) atoms. The van der Waals surface area contributed by atoms with E-state index in [0.717, 1.165) is 17.9 Å². The smallest absolute Gasteiger partial charge is 0.218 e. The summed E-state index contributed by atoms with van der Waals surface area (Å²) >= 11 is 5.97. The summed E-state index contributed by atoms with van der Waals surface area (Å²) in [4.78, 5) is 12.9. The van der Waals surface area contributed by atoms with E-state index >= 15 is 0 Å². The summed E-state index contributed by atoms with van der Waals surface area (Å²) in [5, 5.41) is 0.391. The third-order valence-corrected chi connectivity index (χ3v) is 4.39. The van der Waals surface area contributed by atoms with Crippen LogP contribution < -0.4 is 4.74 Å². The zero-order valence-electron chi connectivity index (χ0n) is 15.1. The van der Waals surface area contributed by atoms with Crippen molar-refractivity contribution in [2.24, 2.45) is 11.8 Å². The van der Waals surface area contributed by atoms with Gasteiger partial charge in [-0.05, 0) is 31.4 Å². The van der Waals surface area contributed by atoms with Crippen LogP contribution in [0.1, 0.15) is 36.8 Å². The highest BCUT2D eigenvalue weighted by Gasteiger charge is 2.53. The van der Waals surface area contributed by atoms with Gasteiger partial charge in [-0.2, -0.15) is 4.98 Å². The highest BCUT2D eigenvalue weighted by Crippen LogP contribution is 2.49. The summed E-state index contributed by atoms with van der Waals surface area (Å²) in [6.07, 6.45) is 2.04. The Kier molecular flexibility index (Phi) is 5.54. The first-order valence-electron chi connectivity index (χ1n) is 8.62. The first kappa shape index (κ1) is 18.1. The Morgan fingerprint density at radius 2 is 2.00 bits per heavy atom. The first-order chi connectivity index (χ1) is 11.9. The number of pyridine rings is 1. The van der Waals surface area contributed by atoms with Gasteiger partial charge in [0.05, 0.1) is 12.7 Å². The van der Waals surface area contributed by atoms with Gasteiger partial charge in [0.1, 0.15) is 11.0 Å². The summed E-state index contributed by atoms with van der Waals surface area (Å²) < 4.78 is 11.9. The number of ether oxygens (including phenoxy) is 2. The van der Waals surface area contributed by atoms with Crippen LogP contribution in [-0.4, -0.2) is 34.3 Å². The van der Waals surface area contributed by atoms with Crippen LogP contribution >= 0.6 is 11.6 Å². The van der Waals surface area contributed by atoms with E-state index in [0.29, 0.717) is 29.4 Å². The van der Waals surface area contributed by atoms with Gasteiger partial charge >= 0.3 is 0 Å². The number of aromatic nitrogens is 3. The molecule has 0 amide bonds. The van der Waals surface area contributed by atoms with E-state index in [1.807, 2.05) is 13.1 Å². The fourth-order valence-corrected chi connectivity index (χ4v) is 3.11. The molecule has 1 saturated carbocycles. The maximum atomic E-state index is 6.08. The van der Waals surface area contributed by atoms with Crippen LogP contribution in [-0.2, 0) is 4.74 Å². The monoisotopic (exact) mass is 361 g/mol. The Balaban J connectivity index is 1.67. The summed E-state index contributed by atoms with van der Waals surface area (Å²) in [5.41, 5.74) is 2.22. The van der Waals surface area contributed by atoms with Gasteiger partial charge < -0.3 is 9.47 Å². The molecule has 0 aromatic carbocycles. The van der Waals surface area contributed by atoms with Crippen molar-refractivity contribution in [2.75, 3.05) is 13.2 Å². The van der Waals surface area contributed by atoms with E-state index in [1.165, 1.54) is 0 Å². The largest absolute Gasteiger partial charge is 0.477 e. The van der Waals surface area contributed by atoms with Crippen LogP contribution in [0.25, 0.3) is 0 Å². The minimum absolute atomic E-state index is 0.135. The molecule has 2 aromatic heterocycles. The highest BCUT2D eigenvalue weighted by atomic mass is 35.5. The molecule has 0 radical (unpaired) electrons. The standard InChI is InChI=1S/C19H24ClN3O2/c1-11(2)9-25-19-14(18(19)15-6-5-12(3)8-21-15)10-24-17-7-16(20)22-13(4)23-17/h5-8,11,14,18-19H,9-10H2,1-4H3. The van der Waals surface area contributed by atoms with Gasteiger partial charge in [-0.1, -0.05) is 31.5 Å². The molecule has 1 aliphatic rings. The van der Waals surface area contributed by atoms with Gasteiger partial charge in [0.15, 0.2) is 0 Å². The van der Waals surface area contributed by atoms with Gasteiger partial charge in [-0.25, -0.2) is 4.98 Å². The SMILES string of the molecule is Cc1ccc(C2C(COc3cc(Cl)nc(C)n3)C2OCC(C)C)nc1. The van der Waals surface area contributed by atoms with E-state index in [9.17, 15) is 0 Å². The quantitative estimate of drug-likeness (QED) is 0.698. The zero-order chi connectivity index (χ0) is 18.0. The molecule has 0 aliphatic heterocycles. The number of rotatable bonds is 7. The van der Waals surface area contributed by atoms with Crippen molar-refractivity contribution < 1.29 is 9.47 Å². The molecule has 6 heteroatoms. The Labute approximate surface area is 153 Å². The average Bonchev–Trinajstić information content (AvgIpc) is 3.24. The summed E-state index contributed by atoms with van der Waals surface area (Å²) in [5.74, 6) is 2.13. The van der Waals surface area contributed by atoms with E-state index in [-0.39, 0.29) is 17.9 Å². The molecule has 5 nitrogen and oxygen atoms in total. The van der Waals surface area contributed by atoms with E-state index in [1.54, 1.807) is 13.0 Å². The van der Waals surface area contributed by atoms with Gasteiger partial charge in [0.25, 0.3) is 0 Å². The first-order valence-corrected chi connectivity index (χ1v) is 9.00. The molecule has 1 fully saturated rings. The lowest BCUT2D eigenvalue weighted by Crippen LogP contribution is -2.09. The lowest BCUT2D eigenvalue weighted by Gasteiger charge is -2.07. The molecule has 0 saturated heterocycles. The van der Waals surface area contributed by atoms with E-state index in [4.69, 9.17) is 21.1 Å². The molecule has 3 atom stereocenters. The second-order valence-electron chi connectivity index (χ2n) is 7.03. The van der Waals surface area contributed by atoms with Crippen molar-refractivity contribution >= 4 is 11.6 Å². The third kappa shape index (κ3) is 4.67. The van der Waals surface area contributed by atoms with Gasteiger partial charge in [0, 0.05) is 36.4 Å². The zero-order valence-corrected chi connectivity index (χ0v) is 15.8. The van der Waals surface area contributed by atoms with Crippen molar-refractivity contribution in [1.82, 2.24) is 15.0 Å². The van der Waals surface area contributed by atoms with Crippen LogP contribution in [0, 0.1) is 25.7 Å². The number of hydrogen-bond donors (Lipinski definition) is 0. The molecule has 0 spiro atoms. The molecule has 2 aromatic rings. The predicted molar refractivity (Wildman–Crippen MR) is 97.1 cm³/mol. The second-order valence-corrected chi connectivity index (χ2v) is 7.42. The van der Waals surface area contributed by atoms with Gasteiger partial charge in [0.2, 0.25) is 5.88 Å². The van der Waals surface area contributed by atoms with Crippen molar-refractivity contribution in [2.45, 2.75) is 39.7 Å². The van der Waals surface area contributed by atoms with Crippen molar-refractivity contribution in [1.29, 1.82) is 0 Å². The van der Waals surface area contributed by atoms with Crippen molar-refractivity contribution in [3.63, 3.8) is 0 Å². The van der Waals surface area contributed by atoms with E-state index in [2.05, 4.69) is 40.9 Å². The topological polar surface area (TPSA) is 57.1 Å². The van der Waals surface area contributed by atoms with Crippen LogP contribution in [0.4, 0.5) is 0 Å². The van der Waals surface area contributed by atoms with Crippen LogP contribution in [0.3, 0.4) is 0 Å². The van der Waals surface area contributed by atoms with Crippen LogP contribution in [0.15, 0.2) is 24.4 Å². The fraction of sp³-hybridized carbons (Fsp3) is 0.526. The Morgan fingerprint density at radius 1 is 1.20 bits per heavy atom. The predicted octanol–water partition coefficient (Wildman–Crippen LogP) is 3.98. The molecule has 0 bridgehead atoms. The second kappa shape index (κ2) is 7.67. The van der Waals surface area contributed by atoms with Gasteiger partial charge in [-0.15, -0.1) is 0 Å². The molecular weight excluding hydrogens is 338 g/mol. The maximum Gasteiger partial charge on any atom is 0.218 e. The normalized spacial score (nSPS) is 22.2. The molecule has 1 aliphatic carbocycles. The van der Waals surface area contributed by atoms with Crippen LogP contribution in [0.5, 0.6) is 5.88 Å². The number of halogens is 1. The minimum Gasteiger partial charge on any atom is -0.477 e. The number of nitrogens with zero attached hydrogens (tertiary/aromatic N) is 3. The van der Waals surface area contributed by atoms with E-state index < -0.39 is 0 Å². The molecule has 2 heterocycles. The summed E-state index contributed by atoms with van der Waals surface area (Å²) in [6.45, 7) is 9.40. The maximum absolute atomic E-state index is 6.08. The Bertz CT molecular complexity index is 701. The van der Waals surface area contributed by atoms with Gasteiger partial charge in [-0.3, -0.25) is 4.98 Å². The molecular formula is C19H24ClN3O2. The summed E-state index contributed by atoms with van der Waals surface area (Å²) in [7, 11) is 0. The van der Waals surface area contributed by atoms with Crippen molar-refractivity contribution in [3.05, 3.63) is 46.6 Å². The lowest BCUT2D eigenvalue weighted by molar-refractivity contribution is 0.0779. The number of aryl methyl sites for hydroxylation is 2. The Morgan fingerprint density at radius 3 is 2.64 bits per heavy atom. The molecule has 3 unspecified atom stereocenters. The summed E-state index contributed by atoms with van der Waals surface area (Å²) in [6, 6.07) is 5.81.